The van der Waals surface area contributed by atoms with Gasteiger partial charge in [0.25, 0.3) is 5.69 Å². The Morgan fingerprint density at radius 2 is 1.70 bits per heavy atom. The lowest BCUT2D eigenvalue weighted by molar-refractivity contribution is -0.384. The third kappa shape index (κ3) is 4.62. The van der Waals surface area contributed by atoms with E-state index in [1.807, 2.05) is 36.4 Å². The molecule has 0 fully saturated rings. The highest BCUT2D eigenvalue weighted by atomic mass is 35.5. The van der Waals surface area contributed by atoms with Crippen molar-refractivity contribution < 1.29 is 19.2 Å². The molecule has 0 aromatic heterocycles. The molecule has 136 valence electrons. The van der Waals surface area contributed by atoms with E-state index in [1.54, 1.807) is 18.2 Å². The molecule has 0 amide bonds. The first kappa shape index (κ1) is 18.4. The van der Waals surface area contributed by atoms with Crippen molar-refractivity contribution in [2.45, 2.75) is 6.61 Å². The maximum absolute atomic E-state index is 12.2. The second-order valence-electron chi connectivity index (χ2n) is 5.52. The molecule has 0 aliphatic carbocycles. The Labute approximate surface area is 160 Å². The minimum atomic E-state index is -0.690. The first-order valence-electron chi connectivity index (χ1n) is 7.96. The maximum atomic E-state index is 12.2. The van der Waals surface area contributed by atoms with Crippen LogP contribution in [0.4, 0.5) is 5.69 Å². The summed E-state index contributed by atoms with van der Waals surface area (Å²) >= 11 is 5.76. The summed E-state index contributed by atoms with van der Waals surface area (Å²) in [6, 6.07) is 20.1. The van der Waals surface area contributed by atoms with Gasteiger partial charge in [-0.25, -0.2) is 4.79 Å². The van der Waals surface area contributed by atoms with Gasteiger partial charge in [-0.2, -0.15) is 0 Å². The van der Waals surface area contributed by atoms with Crippen molar-refractivity contribution in [1.29, 1.82) is 0 Å². The fourth-order valence-corrected chi connectivity index (χ4v) is 2.53. The van der Waals surface area contributed by atoms with E-state index in [9.17, 15) is 14.9 Å². The molecule has 0 atom stereocenters. The average Bonchev–Trinajstić information content (AvgIpc) is 2.68. The van der Waals surface area contributed by atoms with Gasteiger partial charge < -0.3 is 9.47 Å². The van der Waals surface area contributed by atoms with Gasteiger partial charge in [-0.1, -0.05) is 48.0 Å². The minimum Gasteiger partial charge on any atom is -0.457 e. The van der Waals surface area contributed by atoms with Crippen molar-refractivity contribution in [3.63, 3.8) is 0 Å². The Kier molecular flexibility index (Phi) is 5.68. The summed E-state index contributed by atoms with van der Waals surface area (Å²) in [5, 5.41) is 10.9. The largest absolute Gasteiger partial charge is 0.457 e. The van der Waals surface area contributed by atoms with Gasteiger partial charge in [0.05, 0.1) is 10.5 Å². The number of nitro benzene ring substituents is 1. The van der Waals surface area contributed by atoms with E-state index in [1.165, 1.54) is 12.1 Å². The standard InChI is InChI=1S/C20H14ClNO5/c21-17-11-10-14(12-18(17)22(24)25)20(23)26-13-15-6-4-5-9-19(15)27-16-7-2-1-3-8-16/h1-12H,13H2. The van der Waals surface area contributed by atoms with E-state index in [0.717, 1.165) is 6.07 Å². The number of halogens is 1. The summed E-state index contributed by atoms with van der Waals surface area (Å²) in [7, 11) is 0. The van der Waals surface area contributed by atoms with Crippen molar-refractivity contribution in [3.05, 3.63) is 99.1 Å². The molecule has 0 unspecified atom stereocenters. The second kappa shape index (κ2) is 8.33. The molecule has 0 heterocycles. The van der Waals surface area contributed by atoms with Crippen molar-refractivity contribution >= 4 is 23.3 Å². The van der Waals surface area contributed by atoms with E-state index in [0.29, 0.717) is 17.1 Å². The van der Waals surface area contributed by atoms with Crippen LogP contribution in [0.3, 0.4) is 0 Å². The van der Waals surface area contributed by atoms with Gasteiger partial charge in [-0.15, -0.1) is 0 Å². The fourth-order valence-electron chi connectivity index (χ4n) is 2.34. The van der Waals surface area contributed by atoms with Crippen molar-refractivity contribution in [3.8, 4) is 11.5 Å². The molecule has 3 rings (SSSR count). The predicted molar refractivity (Wildman–Crippen MR) is 100 cm³/mol. The summed E-state index contributed by atoms with van der Waals surface area (Å²) in [5.74, 6) is 0.521. The Hall–Kier alpha value is -3.38. The first-order chi connectivity index (χ1) is 13.0. The smallest absolute Gasteiger partial charge is 0.338 e. The number of nitro groups is 1. The Bertz CT molecular complexity index is 975. The molecular formula is C20H14ClNO5. The van der Waals surface area contributed by atoms with Crippen LogP contribution in [0.2, 0.25) is 5.02 Å². The van der Waals surface area contributed by atoms with Gasteiger partial charge in [-0.05, 0) is 30.3 Å². The van der Waals surface area contributed by atoms with Crippen LogP contribution >= 0.6 is 11.6 Å². The molecular weight excluding hydrogens is 370 g/mol. The number of hydrogen-bond donors (Lipinski definition) is 0. The molecule has 27 heavy (non-hydrogen) atoms. The van der Waals surface area contributed by atoms with Gasteiger partial charge in [-0.3, -0.25) is 10.1 Å². The van der Waals surface area contributed by atoms with E-state index in [4.69, 9.17) is 21.1 Å². The summed E-state index contributed by atoms with van der Waals surface area (Å²) in [6.45, 7) is -0.0434. The number of nitrogens with zero attached hydrogens (tertiary/aromatic N) is 1. The molecule has 3 aromatic carbocycles. The lowest BCUT2D eigenvalue weighted by Gasteiger charge is -2.11. The predicted octanol–water partition coefficient (Wildman–Crippen LogP) is 5.40. The number of para-hydroxylation sites is 2. The number of rotatable bonds is 6. The molecule has 0 saturated heterocycles. The number of benzene rings is 3. The summed E-state index contributed by atoms with van der Waals surface area (Å²) in [5.41, 5.74) is 0.365. The zero-order valence-corrected chi connectivity index (χ0v) is 14.8. The van der Waals surface area contributed by atoms with Crippen LogP contribution in [-0.2, 0) is 11.3 Å². The zero-order valence-electron chi connectivity index (χ0n) is 14.0. The van der Waals surface area contributed by atoms with Gasteiger partial charge in [0.15, 0.2) is 0 Å². The van der Waals surface area contributed by atoms with Gasteiger partial charge >= 0.3 is 5.97 Å². The maximum Gasteiger partial charge on any atom is 0.338 e. The zero-order chi connectivity index (χ0) is 19.2. The Morgan fingerprint density at radius 1 is 1.00 bits per heavy atom. The fraction of sp³-hybridized carbons (Fsp3) is 0.0500. The lowest BCUT2D eigenvalue weighted by Crippen LogP contribution is -2.06. The van der Waals surface area contributed by atoms with Crippen molar-refractivity contribution in [1.82, 2.24) is 0 Å². The Morgan fingerprint density at radius 3 is 2.44 bits per heavy atom. The molecule has 0 radical (unpaired) electrons. The van der Waals surface area contributed by atoms with Gasteiger partial charge in [0.1, 0.15) is 23.1 Å². The van der Waals surface area contributed by atoms with Crippen LogP contribution in [0, 0.1) is 10.1 Å². The first-order valence-corrected chi connectivity index (χ1v) is 8.34. The van der Waals surface area contributed by atoms with Crippen molar-refractivity contribution in [2.75, 3.05) is 0 Å². The highest BCUT2D eigenvalue weighted by molar-refractivity contribution is 6.32. The van der Waals surface area contributed by atoms with E-state index in [-0.39, 0.29) is 22.9 Å². The van der Waals surface area contributed by atoms with Crippen LogP contribution in [0.15, 0.2) is 72.8 Å². The molecule has 0 aliphatic heterocycles. The Balaban J connectivity index is 1.73. The molecule has 0 bridgehead atoms. The van der Waals surface area contributed by atoms with Gasteiger partial charge in [0.2, 0.25) is 0 Å². The second-order valence-corrected chi connectivity index (χ2v) is 5.93. The molecule has 7 heteroatoms. The summed E-state index contributed by atoms with van der Waals surface area (Å²) < 4.78 is 11.1. The lowest BCUT2D eigenvalue weighted by atomic mass is 10.2. The third-order valence-electron chi connectivity index (χ3n) is 3.68. The topological polar surface area (TPSA) is 78.7 Å². The van der Waals surface area contributed by atoms with E-state index < -0.39 is 10.9 Å². The monoisotopic (exact) mass is 383 g/mol. The van der Waals surface area contributed by atoms with Crippen LogP contribution in [0.1, 0.15) is 15.9 Å². The quantitative estimate of drug-likeness (QED) is 0.323. The number of carbonyl (C=O) groups is 1. The molecule has 0 aliphatic rings. The normalized spacial score (nSPS) is 10.3. The number of hydrogen-bond acceptors (Lipinski definition) is 5. The van der Waals surface area contributed by atoms with Crippen LogP contribution in [0.25, 0.3) is 0 Å². The SMILES string of the molecule is O=C(OCc1ccccc1Oc1ccccc1)c1ccc(Cl)c([N+](=O)[O-])c1. The molecule has 0 spiro atoms. The molecule has 6 nitrogen and oxygen atoms in total. The number of esters is 1. The highest BCUT2D eigenvalue weighted by Gasteiger charge is 2.17. The third-order valence-corrected chi connectivity index (χ3v) is 4.00. The number of ether oxygens (including phenoxy) is 2. The molecule has 0 N–H and O–H groups in total. The molecule has 0 saturated carbocycles. The van der Waals surface area contributed by atoms with Crippen LogP contribution in [-0.4, -0.2) is 10.9 Å². The van der Waals surface area contributed by atoms with Crippen molar-refractivity contribution in [2.24, 2.45) is 0 Å². The highest BCUT2D eigenvalue weighted by Crippen LogP contribution is 2.27. The van der Waals surface area contributed by atoms with Gasteiger partial charge in [0, 0.05) is 11.6 Å². The average molecular weight is 384 g/mol. The summed E-state index contributed by atoms with van der Waals surface area (Å²) in [4.78, 5) is 22.5. The summed E-state index contributed by atoms with van der Waals surface area (Å²) in [6.07, 6.45) is 0. The van der Waals surface area contributed by atoms with E-state index in [2.05, 4.69) is 0 Å². The minimum absolute atomic E-state index is 0.0434. The van der Waals surface area contributed by atoms with E-state index >= 15 is 0 Å². The molecule has 3 aromatic rings. The number of carbonyl (C=O) groups excluding carboxylic acids is 1. The van der Waals surface area contributed by atoms with Crippen LogP contribution < -0.4 is 4.74 Å². The van der Waals surface area contributed by atoms with Crippen LogP contribution in [0.5, 0.6) is 11.5 Å².